The summed E-state index contributed by atoms with van der Waals surface area (Å²) >= 11 is 0. The van der Waals surface area contributed by atoms with E-state index in [0.29, 0.717) is 18.7 Å². The van der Waals surface area contributed by atoms with Gasteiger partial charge in [0.05, 0.1) is 0 Å². The fourth-order valence-corrected chi connectivity index (χ4v) is 1.41. The number of carbonyl (C=O) groups is 1. The second-order valence-electron chi connectivity index (χ2n) is 3.22. The summed E-state index contributed by atoms with van der Waals surface area (Å²) in [6.07, 6.45) is 0. The number of nitrogens with zero attached hydrogens (tertiary/aromatic N) is 1. The number of aromatic hydroxyl groups is 2. The van der Waals surface area contributed by atoms with Crippen LogP contribution in [0.25, 0.3) is 0 Å². The van der Waals surface area contributed by atoms with Crippen LogP contribution in [0.1, 0.15) is 24.2 Å². The third kappa shape index (κ3) is 2.62. The monoisotopic (exact) mass is 209 g/mol. The van der Waals surface area contributed by atoms with Gasteiger partial charge in [0.25, 0.3) is 5.91 Å². The van der Waals surface area contributed by atoms with E-state index < -0.39 is 0 Å². The Morgan fingerprint density at radius 2 is 1.60 bits per heavy atom. The Balaban J connectivity index is 3.00. The van der Waals surface area contributed by atoms with Crippen molar-refractivity contribution in [3.8, 4) is 11.5 Å². The summed E-state index contributed by atoms with van der Waals surface area (Å²) in [6, 6.07) is 3.89. The minimum absolute atomic E-state index is 0.106. The van der Waals surface area contributed by atoms with Gasteiger partial charge in [0.15, 0.2) is 0 Å². The number of rotatable bonds is 3. The molecule has 1 aromatic rings. The molecule has 0 aliphatic heterocycles. The number of hydrogen-bond donors (Lipinski definition) is 2. The third-order valence-corrected chi connectivity index (χ3v) is 2.20. The molecule has 1 aromatic carbocycles. The molecule has 2 N–H and O–H groups in total. The number of hydrogen-bond acceptors (Lipinski definition) is 3. The van der Waals surface area contributed by atoms with Crippen molar-refractivity contribution < 1.29 is 15.0 Å². The average molecular weight is 209 g/mol. The van der Waals surface area contributed by atoms with Gasteiger partial charge in [-0.25, -0.2) is 0 Å². The van der Waals surface area contributed by atoms with E-state index in [9.17, 15) is 15.0 Å². The van der Waals surface area contributed by atoms with Crippen molar-refractivity contribution in [1.29, 1.82) is 0 Å². The first kappa shape index (κ1) is 11.4. The lowest BCUT2D eigenvalue weighted by Gasteiger charge is -2.18. The van der Waals surface area contributed by atoms with E-state index in [-0.39, 0.29) is 17.4 Å². The fraction of sp³-hybridized carbons (Fsp3) is 0.364. The first-order chi connectivity index (χ1) is 7.08. The molecule has 82 valence electrons. The van der Waals surface area contributed by atoms with E-state index in [2.05, 4.69) is 0 Å². The zero-order chi connectivity index (χ0) is 11.4. The van der Waals surface area contributed by atoms with E-state index >= 15 is 0 Å². The molecule has 0 aliphatic rings. The summed E-state index contributed by atoms with van der Waals surface area (Å²) in [7, 11) is 0. The van der Waals surface area contributed by atoms with Gasteiger partial charge in [0.2, 0.25) is 0 Å². The second kappa shape index (κ2) is 4.68. The highest BCUT2D eigenvalue weighted by molar-refractivity contribution is 5.95. The predicted octanol–water partition coefficient (Wildman–Crippen LogP) is 1.58. The van der Waals surface area contributed by atoms with Gasteiger partial charge in [-0.15, -0.1) is 0 Å². The van der Waals surface area contributed by atoms with Gasteiger partial charge >= 0.3 is 0 Å². The Hall–Kier alpha value is -1.71. The molecule has 0 aromatic heterocycles. The van der Waals surface area contributed by atoms with Crippen LogP contribution in [0.3, 0.4) is 0 Å². The highest BCUT2D eigenvalue weighted by atomic mass is 16.3. The average Bonchev–Trinajstić information content (AvgIpc) is 2.18. The van der Waals surface area contributed by atoms with Crippen LogP contribution in [-0.4, -0.2) is 34.1 Å². The number of carbonyl (C=O) groups excluding carboxylic acids is 1. The van der Waals surface area contributed by atoms with Gasteiger partial charge in [-0.2, -0.15) is 0 Å². The second-order valence-corrected chi connectivity index (χ2v) is 3.22. The van der Waals surface area contributed by atoms with Gasteiger partial charge in [0, 0.05) is 24.7 Å². The smallest absolute Gasteiger partial charge is 0.254 e. The fourth-order valence-electron chi connectivity index (χ4n) is 1.41. The van der Waals surface area contributed by atoms with Gasteiger partial charge in [-0.1, -0.05) is 0 Å². The van der Waals surface area contributed by atoms with E-state index in [4.69, 9.17) is 0 Å². The van der Waals surface area contributed by atoms with Crippen LogP contribution in [0.5, 0.6) is 11.5 Å². The molecule has 0 spiro atoms. The summed E-state index contributed by atoms with van der Waals surface area (Å²) in [6.45, 7) is 4.96. The molecule has 15 heavy (non-hydrogen) atoms. The molecule has 0 atom stereocenters. The van der Waals surface area contributed by atoms with Crippen LogP contribution in [0, 0.1) is 0 Å². The van der Waals surface area contributed by atoms with Crippen LogP contribution < -0.4 is 0 Å². The Labute approximate surface area is 88.8 Å². The van der Waals surface area contributed by atoms with Crippen molar-refractivity contribution in [3.05, 3.63) is 23.8 Å². The molecule has 0 aliphatic carbocycles. The molecule has 0 heterocycles. The standard InChI is InChI=1S/C11H15NO3/c1-3-12(4-2)11(15)8-5-9(13)7-10(14)6-8/h5-7,13-14H,3-4H2,1-2H3. The van der Waals surface area contributed by atoms with Crippen molar-refractivity contribution in [3.63, 3.8) is 0 Å². The molecule has 4 nitrogen and oxygen atoms in total. The molecular formula is C11H15NO3. The number of phenols is 2. The molecule has 0 fully saturated rings. The zero-order valence-corrected chi connectivity index (χ0v) is 8.90. The van der Waals surface area contributed by atoms with Crippen molar-refractivity contribution in [2.75, 3.05) is 13.1 Å². The van der Waals surface area contributed by atoms with Crippen LogP contribution in [0.15, 0.2) is 18.2 Å². The van der Waals surface area contributed by atoms with E-state index in [0.717, 1.165) is 0 Å². The molecule has 1 rings (SSSR count). The van der Waals surface area contributed by atoms with E-state index in [1.807, 2.05) is 13.8 Å². The summed E-state index contributed by atoms with van der Waals surface area (Å²) in [5.74, 6) is -0.401. The highest BCUT2D eigenvalue weighted by Crippen LogP contribution is 2.21. The largest absolute Gasteiger partial charge is 0.508 e. The summed E-state index contributed by atoms with van der Waals surface area (Å²) < 4.78 is 0. The topological polar surface area (TPSA) is 60.8 Å². The molecule has 0 radical (unpaired) electrons. The predicted molar refractivity (Wildman–Crippen MR) is 57.0 cm³/mol. The third-order valence-electron chi connectivity index (χ3n) is 2.20. The lowest BCUT2D eigenvalue weighted by molar-refractivity contribution is 0.0772. The number of amides is 1. The van der Waals surface area contributed by atoms with Crippen molar-refractivity contribution in [2.45, 2.75) is 13.8 Å². The maximum Gasteiger partial charge on any atom is 0.254 e. The summed E-state index contributed by atoms with van der Waals surface area (Å²) in [5.41, 5.74) is 0.302. The van der Waals surface area contributed by atoms with Crippen molar-refractivity contribution in [2.24, 2.45) is 0 Å². The van der Waals surface area contributed by atoms with Crippen molar-refractivity contribution >= 4 is 5.91 Å². The first-order valence-corrected chi connectivity index (χ1v) is 4.90. The Morgan fingerprint density at radius 3 is 2.00 bits per heavy atom. The summed E-state index contributed by atoms with van der Waals surface area (Å²) in [4.78, 5) is 13.4. The van der Waals surface area contributed by atoms with Crippen LogP contribution >= 0.6 is 0 Å². The zero-order valence-electron chi connectivity index (χ0n) is 8.90. The quantitative estimate of drug-likeness (QED) is 0.794. The lowest BCUT2D eigenvalue weighted by atomic mass is 10.1. The number of phenolic OH excluding ortho intramolecular Hbond substituents is 2. The van der Waals surface area contributed by atoms with E-state index in [1.165, 1.54) is 18.2 Å². The van der Waals surface area contributed by atoms with Gasteiger partial charge in [-0.3, -0.25) is 4.79 Å². The molecule has 0 unspecified atom stereocenters. The Bertz CT molecular complexity index is 339. The minimum Gasteiger partial charge on any atom is -0.508 e. The molecule has 1 amide bonds. The number of benzene rings is 1. The Morgan fingerprint density at radius 1 is 1.13 bits per heavy atom. The van der Waals surface area contributed by atoms with Gasteiger partial charge in [-0.05, 0) is 26.0 Å². The highest BCUT2D eigenvalue weighted by Gasteiger charge is 2.13. The maximum atomic E-state index is 11.8. The van der Waals surface area contributed by atoms with Gasteiger partial charge in [0.1, 0.15) is 11.5 Å². The maximum absolute atomic E-state index is 11.8. The molecule has 4 heteroatoms. The molecule has 0 saturated heterocycles. The lowest BCUT2D eigenvalue weighted by Crippen LogP contribution is -2.30. The molecular weight excluding hydrogens is 194 g/mol. The molecule has 0 saturated carbocycles. The Kier molecular flexibility index (Phi) is 3.55. The van der Waals surface area contributed by atoms with Crippen LogP contribution in [-0.2, 0) is 0 Å². The molecule has 0 bridgehead atoms. The SMILES string of the molecule is CCN(CC)C(=O)c1cc(O)cc(O)c1. The van der Waals surface area contributed by atoms with E-state index in [1.54, 1.807) is 4.90 Å². The minimum atomic E-state index is -0.189. The van der Waals surface area contributed by atoms with Gasteiger partial charge < -0.3 is 15.1 Å². The first-order valence-electron chi connectivity index (χ1n) is 4.90. The summed E-state index contributed by atoms with van der Waals surface area (Å²) in [5, 5.41) is 18.5. The van der Waals surface area contributed by atoms with Crippen LogP contribution in [0.2, 0.25) is 0 Å². The van der Waals surface area contributed by atoms with Crippen molar-refractivity contribution in [1.82, 2.24) is 4.90 Å². The normalized spacial score (nSPS) is 10.0. The van der Waals surface area contributed by atoms with Crippen LogP contribution in [0.4, 0.5) is 0 Å².